The Morgan fingerprint density at radius 2 is 1.83 bits per heavy atom. The normalized spacial score (nSPS) is 20.5. The highest BCUT2D eigenvalue weighted by molar-refractivity contribution is 14.0. The molecule has 0 aromatic heterocycles. The van der Waals surface area contributed by atoms with Gasteiger partial charge in [-0.25, -0.2) is 0 Å². The fraction of sp³-hybridized carbons (Fsp3) is 0.571. The summed E-state index contributed by atoms with van der Waals surface area (Å²) < 4.78 is 0. The van der Waals surface area contributed by atoms with E-state index in [-0.39, 0.29) is 35.8 Å². The van der Waals surface area contributed by atoms with Crippen molar-refractivity contribution in [3.8, 4) is 0 Å². The lowest BCUT2D eigenvalue weighted by Crippen LogP contribution is -2.48. The highest BCUT2D eigenvalue weighted by Crippen LogP contribution is 2.19. The van der Waals surface area contributed by atoms with Crippen LogP contribution in [0.1, 0.15) is 37.7 Å². The van der Waals surface area contributed by atoms with Gasteiger partial charge in [-0.3, -0.25) is 24.4 Å². The van der Waals surface area contributed by atoms with Gasteiger partial charge in [0.1, 0.15) is 0 Å². The molecular weight excluding hydrogens is 481 g/mol. The molecule has 0 aliphatic carbocycles. The second-order valence-corrected chi connectivity index (χ2v) is 7.42. The first-order chi connectivity index (χ1) is 13.7. The van der Waals surface area contributed by atoms with Crippen LogP contribution in [0, 0.1) is 0 Å². The molecule has 0 spiro atoms. The summed E-state index contributed by atoms with van der Waals surface area (Å²) in [5.74, 6) is 0.579. The predicted octanol–water partition coefficient (Wildman–Crippen LogP) is 1.97. The summed E-state index contributed by atoms with van der Waals surface area (Å²) >= 11 is 0. The van der Waals surface area contributed by atoms with Gasteiger partial charge in [0, 0.05) is 52.1 Å². The van der Waals surface area contributed by atoms with Gasteiger partial charge in [0.2, 0.25) is 11.8 Å². The zero-order valence-electron chi connectivity index (χ0n) is 17.1. The number of nitrogens with zero attached hydrogens (tertiary/aromatic N) is 3. The minimum atomic E-state index is -0.0662. The predicted molar refractivity (Wildman–Crippen MR) is 125 cm³/mol. The van der Waals surface area contributed by atoms with Gasteiger partial charge in [0.25, 0.3) is 0 Å². The Bertz CT molecular complexity index is 682. The number of halogens is 1. The van der Waals surface area contributed by atoms with Crippen LogP contribution >= 0.6 is 24.0 Å². The molecule has 160 valence electrons. The largest absolute Gasteiger partial charge is 0.355 e. The maximum Gasteiger partial charge on any atom is 0.229 e. The van der Waals surface area contributed by atoms with E-state index in [9.17, 15) is 9.59 Å². The van der Waals surface area contributed by atoms with Crippen LogP contribution in [0.2, 0.25) is 0 Å². The highest BCUT2D eigenvalue weighted by Gasteiger charge is 2.26. The lowest BCUT2D eigenvalue weighted by atomic mass is 10.1. The molecule has 8 heteroatoms. The maximum absolute atomic E-state index is 11.9. The Morgan fingerprint density at radius 3 is 2.52 bits per heavy atom. The van der Waals surface area contributed by atoms with E-state index in [1.165, 1.54) is 23.3 Å². The van der Waals surface area contributed by atoms with Gasteiger partial charge in [0.15, 0.2) is 5.96 Å². The third-order valence-corrected chi connectivity index (χ3v) is 5.47. The molecule has 3 rings (SSSR count). The number of nitrogens with one attached hydrogen (secondary N) is 2. The minimum absolute atomic E-state index is 0. The number of hydrogen-bond acceptors (Lipinski definition) is 4. The van der Waals surface area contributed by atoms with Crippen molar-refractivity contribution in [1.82, 2.24) is 20.4 Å². The number of guanidine groups is 1. The Kier molecular flexibility index (Phi) is 9.86. The van der Waals surface area contributed by atoms with E-state index in [1.807, 2.05) is 6.07 Å². The second-order valence-electron chi connectivity index (χ2n) is 7.42. The maximum atomic E-state index is 11.9. The fourth-order valence-electron chi connectivity index (χ4n) is 3.92. The van der Waals surface area contributed by atoms with Gasteiger partial charge < -0.3 is 10.6 Å². The molecule has 2 saturated heterocycles. The van der Waals surface area contributed by atoms with Crippen molar-refractivity contribution in [1.29, 1.82) is 0 Å². The Hall–Kier alpha value is -1.68. The van der Waals surface area contributed by atoms with Gasteiger partial charge in [-0.1, -0.05) is 30.3 Å². The van der Waals surface area contributed by atoms with Crippen molar-refractivity contribution in [2.24, 2.45) is 4.99 Å². The molecule has 2 fully saturated rings. The van der Waals surface area contributed by atoms with Crippen LogP contribution < -0.4 is 10.6 Å². The second kappa shape index (κ2) is 12.1. The number of carbonyl (C=O) groups is 2. The summed E-state index contributed by atoms with van der Waals surface area (Å²) in [6.45, 7) is 3.82. The van der Waals surface area contributed by atoms with Crippen LogP contribution in [0.4, 0.5) is 0 Å². The topological polar surface area (TPSA) is 77.0 Å². The van der Waals surface area contributed by atoms with Crippen LogP contribution in [0.15, 0.2) is 35.3 Å². The Morgan fingerprint density at radius 1 is 1.10 bits per heavy atom. The number of imide groups is 1. The number of likely N-dealkylation sites (tertiary alicyclic amines) is 2. The van der Waals surface area contributed by atoms with E-state index in [0.29, 0.717) is 44.4 Å². The quantitative estimate of drug-likeness (QED) is 0.253. The average molecular weight is 513 g/mol. The van der Waals surface area contributed by atoms with Crippen molar-refractivity contribution in [2.75, 3.05) is 33.2 Å². The zero-order valence-corrected chi connectivity index (χ0v) is 19.4. The van der Waals surface area contributed by atoms with Gasteiger partial charge in [-0.2, -0.15) is 0 Å². The lowest BCUT2D eigenvalue weighted by molar-refractivity contribution is -0.147. The molecule has 2 aliphatic rings. The summed E-state index contributed by atoms with van der Waals surface area (Å²) in [5, 5.41) is 6.62. The molecule has 0 radical (unpaired) electrons. The number of amides is 2. The first kappa shape index (κ1) is 23.6. The summed E-state index contributed by atoms with van der Waals surface area (Å²) in [4.78, 5) is 31.9. The number of hydrogen-bond donors (Lipinski definition) is 2. The van der Waals surface area contributed by atoms with E-state index in [2.05, 4.69) is 44.8 Å². The number of piperidine rings is 1. The molecule has 1 atom stereocenters. The monoisotopic (exact) mass is 513 g/mol. The SMILES string of the molecule is CN=C(NCCN1C(=O)CCCC1=O)NCC1CCCN1Cc1ccccc1.I. The molecule has 2 aliphatic heterocycles. The molecule has 2 heterocycles. The van der Waals surface area contributed by atoms with Crippen LogP contribution in [0.25, 0.3) is 0 Å². The number of carbonyl (C=O) groups excluding carboxylic acids is 2. The summed E-state index contributed by atoms with van der Waals surface area (Å²) in [5.41, 5.74) is 1.34. The first-order valence-electron chi connectivity index (χ1n) is 10.2. The number of benzene rings is 1. The van der Waals surface area contributed by atoms with Crippen LogP contribution in [0.5, 0.6) is 0 Å². The average Bonchev–Trinajstić information content (AvgIpc) is 3.14. The fourth-order valence-corrected chi connectivity index (χ4v) is 3.92. The van der Waals surface area contributed by atoms with Gasteiger partial charge in [-0.15, -0.1) is 24.0 Å². The van der Waals surface area contributed by atoms with Gasteiger partial charge in [0.05, 0.1) is 0 Å². The van der Waals surface area contributed by atoms with Crippen molar-refractivity contribution < 1.29 is 9.59 Å². The molecule has 2 N–H and O–H groups in total. The molecule has 1 unspecified atom stereocenters. The molecule has 2 amide bonds. The zero-order chi connectivity index (χ0) is 19.8. The van der Waals surface area contributed by atoms with Crippen molar-refractivity contribution in [3.05, 3.63) is 35.9 Å². The van der Waals surface area contributed by atoms with Gasteiger partial charge >= 0.3 is 0 Å². The first-order valence-corrected chi connectivity index (χ1v) is 10.2. The Labute approximate surface area is 190 Å². The number of rotatable bonds is 7. The van der Waals surface area contributed by atoms with Crippen molar-refractivity contribution in [2.45, 2.75) is 44.7 Å². The van der Waals surface area contributed by atoms with Crippen molar-refractivity contribution in [3.63, 3.8) is 0 Å². The highest BCUT2D eigenvalue weighted by atomic mass is 127. The Balaban J connectivity index is 0.00000300. The van der Waals surface area contributed by atoms with Crippen LogP contribution in [-0.4, -0.2) is 66.8 Å². The molecule has 29 heavy (non-hydrogen) atoms. The minimum Gasteiger partial charge on any atom is -0.355 e. The lowest BCUT2D eigenvalue weighted by Gasteiger charge is -2.27. The smallest absolute Gasteiger partial charge is 0.229 e. The molecule has 1 aromatic carbocycles. The van der Waals surface area contributed by atoms with E-state index in [1.54, 1.807) is 7.05 Å². The summed E-state index contributed by atoms with van der Waals surface area (Å²) in [6, 6.07) is 11.0. The molecular formula is C21H32IN5O2. The van der Waals surface area contributed by atoms with E-state index >= 15 is 0 Å². The third kappa shape index (κ3) is 6.95. The van der Waals surface area contributed by atoms with Crippen molar-refractivity contribution >= 4 is 41.8 Å². The molecule has 1 aromatic rings. The van der Waals surface area contributed by atoms with Crippen LogP contribution in [0.3, 0.4) is 0 Å². The molecule has 0 saturated carbocycles. The summed E-state index contributed by atoms with van der Waals surface area (Å²) in [7, 11) is 1.74. The molecule has 7 nitrogen and oxygen atoms in total. The molecule has 0 bridgehead atoms. The summed E-state index contributed by atoms with van der Waals surface area (Å²) in [6.07, 6.45) is 4.00. The third-order valence-electron chi connectivity index (χ3n) is 5.47. The number of aliphatic imine (C=N–C) groups is 1. The standard InChI is InChI=1S/C21H31N5O2.HI/c1-22-21(23-12-14-26-19(27)10-5-11-20(26)28)24-15-18-9-6-13-25(18)16-17-7-3-2-4-8-17;/h2-4,7-8,18H,5-6,9-16H2,1H3,(H2,22,23,24);1H. The van der Waals surface area contributed by atoms with E-state index < -0.39 is 0 Å². The van der Waals surface area contributed by atoms with Gasteiger partial charge in [-0.05, 0) is 31.4 Å². The van der Waals surface area contributed by atoms with E-state index in [0.717, 1.165) is 19.6 Å². The van der Waals surface area contributed by atoms with Crippen LogP contribution in [-0.2, 0) is 16.1 Å². The van der Waals surface area contributed by atoms with E-state index in [4.69, 9.17) is 0 Å².